The molecule has 5 aliphatic rings. The lowest BCUT2D eigenvalue weighted by molar-refractivity contribution is -0.576. The highest BCUT2D eigenvalue weighted by Crippen LogP contribution is 2.60. The Labute approximate surface area is 216 Å². The molecule has 1 aromatic rings. The van der Waals surface area contributed by atoms with Crippen LogP contribution in [-0.4, -0.2) is 52.6 Å². The van der Waals surface area contributed by atoms with E-state index in [2.05, 4.69) is 12.2 Å². The van der Waals surface area contributed by atoms with Gasteiger partial charge in [0.2, 0.25) is 18.0 Å². The molecule has 0 unspecified atom stereocenters. The van der Waals surface area contributed by atoms with Gasteiger partial charge >= 0.3 is 5.97 Å². The normalized spacial score (nSPS) is 38.4. The third-order valence-electron chi connectivity index (χ3n) is 8.68. The number of fused-ring (bicyclic) bond motifs is 2. The Bertz CT molecular complexity index is 1030. The van der Waals surface area contributed by atoms with Crippen LogP contribution in [0.5, 0.6) is 11.5 Å². The summed E-state index contributed by atoms with van der Waals surface area (Å²) in [4.78, 5) is 36.8. The van der Waals surface area contributed by atoms with Crippen molar-refractivity contribution >= 4 is 11.9 Å². The van der Waals surface area contributed by atoms with Gasteiger partial charge in [0.1, 0.15) is 0 Å². The lowest BCUT2D eigenvalue weighted by Crippen LogP contribution is -2.70. The minimum atomic E-state index is -0.899. The van der Waals surface area contributed by atoms with Gasteiger partial charge in [0.25, 0.3) is 0 Å². The van der Waals surface area contributed by atoms with Crippen molar-refractivity contribution in [2.75, 3.05) is 6.54 Å². The highest BCUT2D eigenvalue weighted by Gasteiger charge is 2.69. The molecule has 0 aromatic heterocycles. The molecule has 10 nitrogen and oxygen atoms in total. The number of amides is 1. The molecule has 8 atom stereocenters. The van der Waals surface area contributed by atoms with Crippen LogP contribution < -0.4 is 5.32 Å². The van der Waals surface area contributed by atoms with Gasteiger partial charge in [-0.3, -0.25) is 9.59 Å². The second-order valence-electron chi connectivity index (χ2n) is 11.2. The second-order valence-corrected chi connectivity index (χ2v) is 11.2. The van der Waals surface area contributed by atoms with Crippen molar-refractivity contribution in [1.82, 2.24) is 5.32 Å². The lowest BCUT2D eigenvalue weighted by atomic mass is 9.58. The summed E-state index contributed by atoms with van der Waals surface area (Å²) >= 11 is 0. The molecule has 3 N–H and O–H groups in total. The Morgan fingerprint density at radius 3 is 2.68 bits per heavy atom. The van der Waals surface area contributed by atoms with E-state index in [0.29, 0.717) is 25.3 Å². The van der Waals surface area contributed by atoms with Gasteiger partial charge in [0.15, 0.2) is 23.4 Å². The molecule has 0 radical (unpaired) electrons. The van der Waals surface area contributed by atoms with Gasteiger partial charge in [0, 0.05) is 31.2 Å². The third kappa shape index (κ3) is 4.92. The summed E-state index contributed by atoms with van der Waals surface area (Å²) in [7, 11) is 0. The van der Waals surface area contributed by atoms with E-state index in [-0.39, 0.29) is 48.0 Å². The zero-order valence-electron chi connectivity index (χ0n) is 21.6. The fourth-order valence-corrected chi connectivity index (χ4v) is 6.57. The summed E-state index contributed by atoms with van der Waals surface area (Å²) in [5, 5.41) is 21.7. The topological polar surface area (TPSA) is 133 Å². The molecular weight excluding hydrogens is 482 g/mol. The van der Waals surface area contributed by atoms with E-state index in [0.717, 1.165) is 24.8 Å². The van der Waals surface area contributed by atoms with Crippen LogP contribution >= 0.6 is 0 Å². The maximum Gasteiger partial charge on any atom is 0.308 e. The number of benzene rings is 1. The summed E-state index contributed by atoms with van der Waals surface area (Å²) in [6.45, 7) is 6.44. The standard InChI is InChI=1S/C27H37NO9/c1-15-4-6-19-16(2)24(34-25-27(19)18(15)10-12-26(3,35-25)36-37-27)33-23(32)9-8-22(31)28-13-11-17-5-7-20(29)21(30)14-17/h5,7,14-16,18-19,24-25,29-30H,4,6,8-13H2,1-3H3,(H,28,31)/t15-,16-,18+,19-,24-,25-,26+,27-/m1/s1. The van der Waals surface area contributed by atoms with Gasteiger partial charge in [-0.05, 0) is 62.1 Å². The summed E-state index contributed by atoms with van der Waals surface area (Å²) in [5.74, 6) is -1.47. The molecule has 37 heavy (non-hydrogen) atoms. The first-order valence-corrected chi connectivity index (χ1v) is 13.3. The third-order valence-corrected chi connectivity index (χ3v) is 8.68. The predicted octanol–water partition coefficient (Wildman–Crippen LogP) is 3.29. The molecule has 1 saturated carbocycles. The van der Waals surface area contributed by atoms with Crippen molar-refractivity contribution < 1.29 is 43.8 Å². The highest BCUT2D eigenvalue weighted by molar-refractivity contribution is 5.81. The molecular formula is C27H37NO9. The Morgan fingerprint density at radius 2 is 1.89 bits per heavy atom. The summed E-state index contributed by atoms with van der Waals surface area (Å²) in [5.41, 5.74) is 0.0534. The number of nitrogens with one attached hydrogen (secondary N) is 1. The molecule has 10 heteroatoms. The summed E-state index contributed by atoms with van der Waals surface area (Å²) in [6.07, 6.45) is 2.50. The number of carbonyl (C=O) groups is 2. The molecule has 1 aromatic carbocycles. The van der Waals surface area contributed by atoms with E-state index in [1.807, 2.05) is 13.8 Å². The number of phenolic OH excluding ortho intramolecular Hbond substituents is 2. The van der Waals surface area contributed by atoms with Crippen molar-refractivity contribution in [3.8, 4) is 11.5 Å². The van der Waals surface area contributed by atoms with Gasteiger partial charge in [-0.1, -0.05) is 19.9 Å². The number of phenols is 2. The van der Waals surface area contributed by atoms with Crippen LogP contribution in [0.15, 0.2) is 18.2 Å². The summed E-state index contributed by atoms with van der Waals surface area (Å²) < 4.78 is 18.3. The Morgan fingerprint density at radius 1 is 1.08 bits per heavy atom. The van der Waals surface area contributed by atoms with E-state index in [4.69, 9.17) is 24.0 Å². The van der Waals surface area contributed by atoms with Crippen molar-refractivity contribution in [2.24, 2.45) is 23.7 Å². The Balaban J connectivity index is 1.14. The van der Waals surface area contributed by atoms with Gasteiger partial charge in [-0.2, -0.15) is 0 Å². The average molecular weight is 520 g/mol. The Kier molecular flexibility index (Phi) is 7.12. The smallest absolute Gasteiger partial charge is 0.308 e. The number of hydrogen-bond donors (Lipinski definition) is 3. The highest BCUT2D eigenvalue weighted by atomic mass is 17.3. The second kappa shape index (κ2) is 10.1. The van der Waals surface area contributed by atoms with Crippen LogP contribution in [0, 0.1) is 23.7 Å². The van der Waals surface area contributed by atoms with E-state index in [1.165, 1.54) is 12.1 Å². The quantitative estimate of drug-likeness (QED) is 0.282. The Hall–Kier alpha value is -2.40. The molecule has 204 valence electrons. The molecule has 1 spiro atoms. The first-order chi connectivity index (χ1) is 17.6. The number of aromatic hydroxyl groups is 2. The molecule has 4 heterocycles. The molecule has 2 bridgehead atoms. The minimum absolute atomic E-state index is 0.0112. The number of ether oxygens (including phenoxy) is 3. The first-order valence-electron chi connectivity index (χ1n) is 13.3. The minimum Gasteiger partial charge on any atom is -0.504 e. The number of hydrogen-bond acceptors (Lipinski definition) is 9. The van der Waals surface area contributed by atoms with Gasteiger partial charge in [0.05, 0.1) is 6.42 Å². The van der Waals surface area contributed by atoms with Crippen molar-refractivity contribution in [3.63, 3.8) is 0 Å². The van der Waals surface area contributed by atoms with E-state index >= 15 is 0 Å². The lowest BCUT2D eigenvalue weighted by Gasteiger charge is -2.59. The summed E-state index contributed by atoms with van der Waals surface area (Å²) in [6, 6.07) is 4.52. The van der Waals surface area contributed by atoms with Crippen LogP contribution in [0.4, 0.5) is 0 Å². The SMILES string of the molecule is C[C@H]1[C@H](OC(=O)CCC(=O)NCCc2ccc(O)c(O)c2)O[C@@H]2O[C@]3(C)CC[C@H]4[C@H](C)CC[C@H]1[C@@]24OO3. The molecule has 1 aliphatic carbocycles. The van der Waals surface area contributed by atoms with Crippen molar-refractivity contribution in [1.29, 1.82) is 0 Å². The number of esters is 1. The van der Waals surface area contributed by atoms with Crippen molar-refractivity contribution in [3.05, 3.63) is 23.8 Å². The van der Waals surface area contributed by atoms with Crippen LogP contribution in [0.2, 0.25) is 0 Å². The van der Waals surface area contributed by atoms with E-state index in [1.54, 1.807) is 6.07 Å². The van der Waals surface area contributed by atoms with Gasteiger partial charge in [-0.15, -0.1) is 0 Å². The predicted molar refractivity (Wildman–Crippen MR) is 129 cm³/mol. The monoisotopic (exact) mass is 519 g/mol. The fraction of sp³-hybridized carbons (Fsp3) is 0.704. The van der Waals surface area contributed by atoms with Crippen molar-refractivity contribution in [2.45, 2.75) is 89.7 Å². The van der Waals surface area contributed by atoms with Crippen LogP contribution in [0.25, 0.3) is 0 Å². The first kappa shape index (κ1) is 26.2. The number of rotatable bonds is 7. The van der Waals surface area contributed by atoms with Crippen LogP contribution in [0.3, 0.4) is 0 Å². The maximum atomic E-state index is 12.7. The zero-order chi connectivity index (χ0) is 26.4. The molecule has 1 amide bonds. The van der Waals surface area contributed by atoms with E-state index in [9.17, 15) is 19.8 Å². The van der Waals surface area contributed by atoms with Gasteiger partial charge in [-0.25, -0.2) is 9.78 Å². The molecule has 4 saturated heterocycles. The zero-order valence-corrected chi connectivity index (χ0v) is 21.6. The maximum absolute atomic E-state index is 12.7. The van der Waals surface area contributed by atoms with Gasteiger partial charge < -0.3 is 29.7 Å². The van der Waals surface area contributed by atoms with Crippen LogP contribution in [-0.2, 0) is 40.0 Å². The largest absolute Gasteiger partial charge is 0.504 e. The van der Waals surface area contributed by atoms with Crippen LogP contribution in [0.1, 0.15) is 64.9 Å². The van der Waals surface area contributed by atoms with E-state index < -0.39 is 29.9 Å². The number of carbonyl (C=O) groups excluding carboxylic acids is 2. The molecule has 5 fully saturated rings. The molecule has 4 aliphatic heterocycles. The molecule has 6 rings (SSSR count). The fourth-order valence-electron chi connectivity index (χ4n) is 6.57. The average Bonchev–Trinajstić information content (AvgIpc) is 3.09.